The summed E-state index contributed by atoms with van der Waals surface area (Å²) in [5.74, 6) is -0.532. The van der Waals surface area contributed by atoms with Gasteiger partial charge in [0.25, 0.3) is 11.1 Å². The number of carbonyl (C=O) groups excluding carboxylic acids is 3. The molecule has 1 fully saturated rings. The first kappa shape index (κ1) is 23.2. The molecule has 2 aliphatic heterocycles. The molecular weight excluding hydrogens is 462 g/mol. The average molecular weight is 488 g/mol. The molecule has 3 aromatic carbocycles. The topological polar surface area (TPSA) is 81.7 Å². The fraction of sp³-hybridized carbons (Fsp3) is 0.250. The van der Waals surface area contributed by atoms with Gasteiger partial charge in [0.1, 0.15) is 18.5 Å². The molecule has 6 nitrogen and oxygen atoms in total. The number of carbonyl (C=O) groups is 3. The van der Waals surface area contributed by atoms with Gasteiger partial charge in [0, 0.05) is 12.8 Å². The minimum Gasteiger partial charge on any atom is -0.490 e. The Kier molecular flexibility index (Phi) is 6.59. The largest absolute Gasteiger partial charge is 0.490 e. The highest BCUT2D eigenvalue weighted by Crippen LogP contribution is 2.38. The van der Waals surface area contributed by atoms with Gasteiger partial charge >= 0.3 is 5.97 Å². The van der Waals surface area contributed by atoms with Crippen molar-refractivity contribution in [2.24, 2.45) is 0 Å². The van der Waals surface area contributed by atoms with Gasteiger partial charge in [0.2, 0.25) is 4.75 Å². The Hall–Kier alpha value is -3.58. The molecule has 2 heterocycles. The number of amides is 2. The Morgan fingerprint density at radius 3 is 2.37 bits per heavy atom. The molecule has 178 valence electrons. The van der Waals surface area contributed by atoms with E-state index in [1.54, 1.807) is 0 Å². The molecule has 0 unspecified atom stereocenters. The zero-order chi connectivity index (χ0) is 24.3. The van der Waals surface area contributed by atoms with Gasteiger partial charge in [-0.1, -0.05) is 72.8 Å². The minimum atomic E-state index is -1.65. The molecule has 0 saturated carbocycles. The van der Waals surface area contributed by atoms with E-state index >= 15 is 0 Å². The molecule has 2 amide bonds. The summed E-state index contributed by atoms with van der Waals surface area (Å²) in [6, 6.07) is 25.2. The van der Waals surface area contributed by atoms with Crippen LogP contribution in [0.4, 0.5) is 4.79 Å². The normalized spacial score (nSPS) is 21.1. The van der Waals surface area contributed by atoms with Crippen LogP contribution in [0.2, 0.25) is 0 Å². The van der Waals surface area contributed by atoms with Crippen molar-refractivity contribution in [1.82, 2.24) is 5.32 Å². The number of benzene rings is 3. The van der Waals surface area contributed by atoms with Crippen LogP contribution in [0.1, 0.15) is 28.7 Å². The molecule has 35 heavy (non-hydrogen) atoms. The SMILES string of the molecule is O=C1NC(=O)[C@@](Cc2ccc3c(c2)CC[C@H](Cc2ccccc2)O3)(C(=O)OCc2ccccc2)S1. The van der Waals surface area contributed by atoms with Crippen LogP contribution in [0.25, 0.3) is 0 Å². The quantitative estimate of drug-likeness (QED) is 0.387. The summed E-state index contributed by atoms with van der Waals surface area (Å²) in [5, 5.41) is 1.71. The van der Waals surface area contributed by atoms with Crippen LogP contribution in [-0.2, 0) is 40.2 Å². The first-order valence-electron chi connectivity index (χ1n) is 11.6. The Labute approximate surface area is 208 Å². The highest BCUT2D eigenvalue weighted by molar-refractivity contribution is 8.16. The molecular formula is C28H25NO5S. The van der Waals surface area contributed by atoms with Gasteiger partial charge in [-0.15, -0.1) is 0 Å². The number of fused-ring (bicyclic) bond motifs is 1. The number of ether oxygens (including phenoxy) is 2. The number of nitrogens with one attached hydrogen (secondary N) is 1. The molecule has 0 spiro atoms. The smallest absolute Gasteiger partial charge is 0.333 e. The summed E-state index contributed by atoms with van der Waals surface area (Å²) in [6.07, 6.45) is 2.72. The molecule has 5 rings (SSSR count). The fourth-order valence-corrected chi connectivity index (χ4v) is 5.49. The summed E-state index contributed by atoms with van der Waals surface area (Å²) in [5.41, 5.74) is 3.86. The highest BCUT2D eigenvalue weighted by Gasteiger charge is 2.55. The third-order valence-corrected chi connectivity index (χ3v) is 7.44. The maximum atomic E-state index is 13.1. The molecule has 2 atom stereocenters. The molecule has 3 aromatic rings. The van der Waals surface area contributed by atoms with Gasteiger partial charge in [0.15, 0.2) is 0 Å². The van der Waals surface area contributed by atoms with Gasteiger partial charge < -0.3 is 9.47 Å². The monoisotopic (exact) mass is 487 g/mol. The maximum Gasteiger partial charge on any atom is 0.333 e. The zero-order valence-electron chi connectivity index (χ0n) is 19.1. The van der Waals surface area contributed by atoms with Crippen LogP contribution < -0.4 is 10.1 Å². The van der Waals surface area contributed by atoms with Crippen molar-refractivity contribution in [3.8, 4) is 5.75 Å². The van der Waals surface area contributed by atoms with Crippen molar-refractivity contribution in [2.75, 3.05) is 0 Å². The van der Waals surface area contributed by atoms with E-state index in [4.69, 9.17) is 9.47 Å². The Morgan fingerprint density at radius 1 is 0.971 bits per heavy atom. The maximum absolute atomic E-state index is 13.1. The second kappa shape index (κ2) is 9.96. The molecule has 1 saturated heterocycles. The summed E-state index contributed by atoms with van der Waals surface area (Å²) in [4.78, 5) is 38.0. The first-order chi connectivity index (χ1) is 17.0. The first-order valence-corrected chi connectivity index (χ1v) is 12.4. The molecule has 0 aromatic heterocycles. The van der Waals surface area contributed by atoms with Crippen molar-refractivity contribution >= 4 is 28.9 Å². The molecule has 0 bridgehead atoms. The van der Waals surface area contributed by atoms with E-state index in [-0.39, 0.29) is 19.1 Å². The van der Waals surface area contributed by atoms with E-state index in [0.29, 0.717) is 11.8 Å². The lowest BCUT2D eigenvalue weighted by Gasteiger charge is -2.27. The van der Waals surface area contributed by atoms with Crippen LogP contribution in [0.3, 0.4) is 0 Å². The van der Waals surface area contributed by atoms with E-state index in [1.807, 2.05) is 66.7 Å². The van der Waals surface area contributed by atoms with Crippen molar-refractivity contribution in [2.45, 2.75) is 43.1 Å². The summed E-state index contributed by atoms with van der Waals surface area (Å²) < 4.78 is 10.1. The van der Waals surface area contributed by atoms with Gasteiger partial charge in [0.05, 0.1) is 0 Å². The summed E-state index contributed by atoms with van der Waals surface area (Å²) in [7, 11) is 0. The van der Waals surface area contributed by atoms with E-state index in [9.17, 15) is 14.4 Å². The molecule has 0 radical (unpaired) electrons. The van der Waals surface area contributed by atoms with E-state index in [0.717, 1.165) is 41.7 Å². The number of esters is 1. The number of thioether (sulfide) groups is 1. The second-order valence-electron chi connectivity index (χ2n) is 8.82. The van der Waals surface area contributed by atoms with Gasteiger partial charge in [-0.25, -0.2) is 4.79 Å². The van der Waals surface area contributed by atoms with Crippen molar-refractivity contribution in [3.05, 3.63) is 101 Å². The molecule has 0 aliphatic carbocycles. The predicted octanol–water partition coefficient (Wildman–Crippen LogP) is 4.63. The van der Waals surface area contributed by atoms with Gasteiger partial charge in [-0.3, -0.25) is 14.9 Å². The highest BCUT2D eigenvalue weighted by atomic mass is 32.2. The van der Waals surface area contributed by atoms with Crippen LogP contribution in [0.15, 0.2) is 78.9 Å². The number of imide groups is 1. The van der Waals surface area contributed by atoms with E-state index in [1.165, 1.54) is 5.56 Å². The Morgan fingerprint density at radius 2 is 1.69 bits per heavy atom. The fourth-order valence-electron chi connectivity index (χ4n) is 4.50. The number of hydrogen-bond donors (Lipinski definition) is 1. The van der Waals surface area contributed by atoms with Crippen molar-refractivity contribution in [1.29, 1.82) is 0 Å². The third kappa shape index (κ3) is 5.10. The van der Waals surface area contributed by atoms with Crippen LogP contribution in [0.5, 0.6) is 5.75 Å². The Balaban J connectivity index is 1.31. The lowest BCUT2D eigenvalue weighted by molar-refractivity contribution is -0.150. The van der Waals surface area contributed by atoms with E-state index < -0.39 is 21.9 Å². The van der Waals surface area contributed by atoms with Crippen molar-refractivity contribution < 1.29 is 23.9 Å². The summed E-state index contributed by atoms with van der Waals surface area (Å²) in [6.45, 7) is 0.0320. The molecule has 7 heteroatoms. The lowest BCUT2D eigenvalue weighted by atomic mass is 9.92. The van der Waals surface area contributed by atoms with Gasteiger partial charge in [-0.2, -0.15) is 0 Å². The number of hydrogen-bond acceptors (Lipinski definition) is 6. The number of aryl methyl sites for hydroxylation is 1. The van der Waals surface area contributed by atoms with E-state index in [2.05, 4.69) is 17.4 Å². The number of rotatable bonds is 7. The van der Waals surface area contributed by atoms with Crippen LogP contribution in [0, 0.1) is 0 Å². The van der Waals surface area contributed by atoms with Crippen molar-refractivity contribution in [3.63, 3.8) is 0 Å². The lowest BCUT2D eigenvalue weighted by Crippen LogP contribution is -2.46. The third-order valence-electron chi connectivity index (χ3n) is 6.31. The average Bonchev–Trinajstić information content (AvgIpc) is 3.17. The van der Waals surface area contributed by atoms with Gasteiger partial charge in [-0.05, 0) is 52.9 Å². The molecule has 2 aliphatic rings. The standard InChI is InChI=1S/C28H25NO5S/c30-25-28(35-27(32)29-25,26(31)33-18-20-9-5-2-6-10-20)17-21-11-14-24-22(15-21)12-13-23(34-24)16-19-7-3-1-4-8-19/h1-11,14-15,23H,12-13,16-18H2,(H,29,30,32)/t23-,28+/m1/s1. The Bertz CT molecular complexity index is 1250. The zero-order valence-corrected chi connectivity index (χ0v) is 19.9. The molecule has 1 N–H and O–H groups in total. The predicted molar refractivity (Wildman–Crippen MR) is 133 cm³/mol. The second-order valence-corrected chi connectivity index (χ2v) is 10.1. The van der Waals surface area contributed by atoms with Crippen LogP contribution >= 0.6 is 11.8 Å². The van der Waals surface area contributed by atoms with Crippen LogP contribution in [-0.4, -0.2) is 28.0 Å². The summed E-state index contributed by atoms with van der Waals surface area (Å²) >= 11 is 0.693. The minimum absolute atomic E-state index is 0.0320.